The number of H-pyrrole nitrogens is 1. The molecule has 3 aromatic rings. The number of nitrogens with zero attached hydrogens (tertiary/aromatic N) is 1. The van der Waals surface area contributed by atoms with Gasteiger partial charge >= 0.3 is 0 Å². The minimum Gasteiger partial charge on any atom is -0.360 e. The van der Waals surface area contributed by atoms with E-state index in [4.69, 9.17) is 5.26 Å². The zero-order valence-electron chi connectivity index (χ0n) is 11.7. The summed E-state index contributed by atoms with van der Waals surface area (Å²) in [7, 11) is 0. The summed E-state index contributed by atoms with van der Waals surface area (Å²) in [6.45, 7) is 0. The fraction of sp³-hybridized carbons (Fsp3) is 0.0625. The Morgan fingerprint density at radius 3 is 2.04 bits per heavy atom. The topological polar surface area (TPSA) is 39.6 Å². The number of nitriles is 1. The van der Waals surface area contributed by atoms with Crippen LogP contribution in [-0.2, 0) is 6.42 Å². The molecule has 1 heterocycles. The van der Waals surface area contributed by atoms with Crippen molar-refractivity contribution >= 4 is 10.9 Å². The highest BCUT2D eigenvalue weighted by atomic mass is 19.2. The zero-order valence-corrected chi connectivity index (χ0v) is 11.7. The second-order valence-corrected chi connectivity index (χ2v) is 4.94. The summed E-state index contributed by atoms with van der Waals surface area (Å²) in [5, 5.41) is 8.58. The maximum atomic E-state index is 14.0. The number of nitrogens with one attached hydrogen (secondary N) is 1. The first-order chi connectivity index (χ1) is 11.4. The van der Waals surface area contributed by atoms with E-state index in [0.717, 1.165) is 12.1 Å². The summed E-state index contributed by atoms with van der Waals surface area (Å²) in [6, 6.07) is 3.54. The molecule has 0 bridgehead atoms. The van der Waals surface area contributed by atoms with Crippen LogP contribution in [0.4, 0.5) is 26.3 Å². The molecule has 0 saturated heterocycles. The van der Waals surface area contributed by atoms with Gasteiger partial charge in [0.1, 0.15) is 5.82 Å². The smallest absolute Gasteiger partial charge is 0.200 e. The second-order valence-electron chi connectivity index (χ2n) is 4.94. The quantitative estimate of drug-likeness (QED) is 0.409. The Labute approximate surface area is 130 Å². The monoisotopic (exact) mass is 340 g/mol. The lowest BCUT2D eigenvalue weighted by Gasteiger charge is -2.10. The van der Waals surface area contributed by atoms with Crippen LogP contribution in [-0.4, -0.2) is 4.98 Å². The molecule has 0 radical (unpaired) electrons. The third-order valence-electron chi connectivity index (χ3n) is 3.61. The summed E-state index contributed by atoms with van der Waals surface area (Å²) in [5.74, 6) is -11.3. The number of benzene rings is 2. The van der Waals surface area contributed by atoms with Crippen molar-refractivity contribution in [2.45, 2.75) is 6.42 Å². The van der Waals surface area contributed by atoms with E-state index >= 15 is 0 Å². The predicted octanol–water partition coefficient (Wildman–Crippen LogP) is 4.74. The molecule has 2 nitrogen and oxygen atoms in total. The number of aromatic nitrogens is 1. The molecule has 0 spiro atoms. The highest BCUT2D eigenvalue weighted by Crippen LogP contribution is 2.37. The molecular weight excluding hydrogens is 334 g/mol. The molecule has 1 N–H and O–H groups in total. The molecule has 0 aliphatic carbocycles. The highest BCUT2D eigenvalue weighted by Gasteiger charge is 2.28. The molecule has 8 heteroatoms. The molecule has 0 amide bonds. The van der Waals surface area contributed by atoms with E-state index in [1.807, 2.05) is 0 Å². The van der Waals surface area contributed by atoms with Crippen LogP contribution < -0.4 is 0 Å². The second kappa shape index (κ2) is 5.60. The number of hydrogen-bond acceptors (Lipinski definition) is 1. The van der Waals surface area contributed by atoms with Gasteiger partial charge < -0.3 is 4.98 Å². The van der Waals surface area contributed by atoms with E-state index in [1.54, 1.807) is 6.07 Å². The van der Waals surface area contributed by atoms with Crippen molar-refractivity contribution in [1.29, 1.82) is 5.26 Å². The maximum Gasteiger partial charge on any atom is 0.200 e. The summed E-state index contributed by atoms with van der Waals surface area (Å²) in [6.07, 6.45) is 1.05. The van der Waals surface area contributed by atoms with Gasteiger partial charge in [-0.3, -0.25) is 0 Å². The van der Waals surface area contributed by atoms with Crippen molar-refractivity contribution in [3.63, 3.8) is 0 Å². The molecule has 1 aromatic heterocycles. The first-order valence-electron chi connectivity index (χ1n) is 6.55. The molecule has 2 aromatic carbocycles. The number of aromatic amines is 1. The summed E-state index contributed by atoms with van der Waals surface area (Å²) in [5.41, 5.74) is -1.52. The van der Waals surface area contributed by atoms with Gasteiger partial charge in [0, 0.05) is 17.1 Å². The minimum absolute atomic E-state index is 0.141. The van der Waals surface area contributed by atoms with E-state index < -0.39 is 46.0 Å². The first-order valence-corrected chi connectivity index (χ1v) is 6.55. The van der Waals surface area contributed by atoms with E-state index in [0.29, 0.717) is 0 Å². The Morgan fingerprint density at radius 1 is 0.875 bits per heavy atom. The van der Waals surface area contributed by atoms with Gasteiger partial charge in [0.15, 0.2) is 23.3 Å². The lowest BCUT2D eigenvalue weighted by Crippen LogP contribution is -2.04. The van der Waals surface area contributed by atoms with Gasteiger partial charge in [0.2, 0.25) is 5.82 Å². The van der Waals surface area contributed by atoms with Crippen LogP contribution in [0, 0.1) is 46.2 Å². The summed E-state index contributed by atoms with van der Waals surface area (Å²) < 4.78 is 82.0. The van der Waals surface area contributed by atoms with E-state index in [1.165, 1.54) is 6.20 Å². The standard InChI is InChI=1S/C16H6F6N2/c17-8-2-1-7(16-9(8)6(3-4-23)5-24-16)10-11(18)13(20)15(22)14(21)12(10)19/h1-2,5,24H,3H2. The normalized spacial score (nSPS) is 11.0. The third-order valence-corrected chi connectivity index (χ3v) is 3.61. The molecule has 122 valence electrons. The van der Waals surface area contributed by atoms with Crippen LogP contribution in [0.15, 0.2) is 18.3 Å². The lowest BCUT2D eigenvalue weighted by molar-refractivity contribution is 0.381. The molecule has 24 heavy (non-hydrogen) atoms. The fourth-order valence-electron chi connectivity index (χ4n) is 2.55. The molecule has 0 aliphatic rings. The van der Waals surface area contributed by atoms with Gasteiger partial charge in [-0.05, 0) is 17.7 Å². The number of fused-ring (bicyclic) bond motifs is 1. The molecule has 0 saturated carbocycles. The van der Waals surface area contributed by atoms with Crippen molar-refractivity contribution in [3.05, 3.63) is 58.8 Å². The zero-order chi connectivity index (χ0) is 17.6. The molecule has 0 unspecified atom stereocenters. The van der Waals surface area contributed by atoms with Gasteiger partial charge in [0.25, 0.3) is 0 Å². The minimum atomic E-state index is -2.27. The van der Waals surface area contributed by atoms with Crippen LogP contribution in [0.5, 0.6) is 0 Å². The molecular formula is C16H6F6N2. The third kappa shape index (κ3) is 2.12. The molecule has 0 fully saturated rings. The van der Waals surface area contributed by atoms with Crippen molar-refractivity contribution in [2.75, 3.05) is 0 Å². The van der Waals surface area contributed by atoms with Gasteiger partial charge in [-0.25, -0.2) is 26.3 Å². The van der Waals surface area contributed by atoms with Crippen molar-refractivity contribution < 1.29 is 26.3 Å². The number of hydrogen-bond donors (Lipinski definition) is 1. The van der Waals surface area contributed by atoms with Crippen LogP contribution >= 0.6 is 0 Å². The lowest BCUT2D eigenvalue weighted by atomic mass is 9.99. The maximum absolute atomic E-state index is 14.0. The SMILES string of the molecule is N#CCc1c[nH]c2c(-c3c(F)c(F)c(F)c(F)c3F)ccc(F)c12. The molecule has 0 aliphatic heterocycles. The van der Waals surface area contributed by atoms with Crippen LogP contribution in [0.25, 0.3) is 22.0 Å². The Hall–Kier alpha value is -2.95. The average Bonchev–Trinajstić information content (AvgIpc) is 2.98. The van der Waals surface area contributed by atoms with E-state index in [9.17, 15) is 26.3 Å². The highest BCUT2D eigenvalue weighted by molar-refractivity contribution is 5.97. The van der Waals surface area contributed by atoms with Gasteiger partial charge in [-0.1, -0.05) is 0 Å². The Morgan fingerprint density at radius 2 is 1.46 bits per heavy atom. The summed E-state index contributed by atoms with van der Waals surface area (Å²) in [4.78, 5) is 2.53. The molecule has 0 atom stereocenters. The largest absolute Gasteiger partial charge is 0.360 e. The average molecular weight is 340 g/mol. The fourth-order valence-corrected chi connectivity index (χ4v) is 2.55. The van der Waals surface area contributed by atoms with E-state index in [-0.39, 0.29) is 22.9 Å². The van der Waals surface area contributed by atoms with Crippen LogP contribution in [0.3, 0.4) is 0 Å². The van der Waals surface area contributed by atoms with Crippen LogP contribution in [0.1, 0.15) is 5.56 Å². The molecule has 3 rings (SSSR count). The van der Waals surface area contributed by atoms with E-state index in [2.05, 4.69) is 4.98 Å². The Bertz CT molecular complexity index is 987. The van der Waals surface area contributed by atoms with Crippen LogP contribution in [0.2, 0.25) is 0 Å². The Kier molecular flexibility index (Phi) is 3.72. The predicted molar refractivity (Wildman–Crippen MR) is 72.8 cm³/mol. The van der Waals surface area contributed by atoms with Crippen molar-refractivity contribution in [3.8, 4) is 17.2 Å². The summed E-state index contributed by atoms with van der Waals surface area (Å²) >= 11 is 0. The van der Waals surface area contributed by atoms with Gasteiger partial charge in [-0.15, -0.1) is 0 Å². The van der Waals surface area contributed by atoms with Gasteiger partial charge in [-0.2, -0.15) is 5.26 Å². The van der Waals surface area contributed by atoms with Crippen molar-refractivity contribution in [1.82, 2.24) is 4.98 Å². The van der Waals surface area contributed by atoms with Gasteiger partial charge in [0.05, 0.1) is 23.6 Å². The Balaban J connectivity index is 2.41. The first kappa shape index (κ1) is 15.9. The number of rotatable bonds is 2. The van der Waals surface area contributed by atoms with Crippen molar-refractivity contribution in [2.24, 2.45) is 0 Å². The number of halogens is 6.